The third-order valence-electron chi connectivity index (χ3n) is 3.25. The number of carbonyl (C=O) groups is 1. The van der Waals surface area contributed by atoms with Gasteiger partial charge in [-0.2, -0.15) is 0 Å². The second-order valence-corrected chi connectivity index (χ2v) is 6.48. The molecule has 0 radical (unpaired) electrons. The molecule has 1 amide bonds. The van der Waals surface area contributed by atoms with E-state index in [0.29, 0.717) is 29.6 Å². The Morgan fingerprint density at radius 1 is 1.50 bits per heavy atom. The van der Waals surface area contributed by atoms with E-state index in [2.05, 4.69) is 22.9 Å². The lowest BCUT2D eigenvalue weighted by molar-refractivity contribution is 0.0687. The second kappa shape index (κ2) is 5.81. The fourth-order valence-electron chi connectivity index (χ4n) is 2.11. The topological polar surface area (TPSA) is 20.3 Å². The molecule has 0 spiro atoms. The van der Waals surface area contributed by atoms with Crippen LogP contribution in [0.1, 0.15) is 23.7 Å². The minimum atomic E-state index is 0.0276. The maximum atomic E-state index is 12.3. The largest absolute Gasteiger partial charge is 0.338 e. The van der Waals surface area contributed by atoms with Crippen LogP contribution >= 0.6 is 39.1 Å². The summed E-state index contributed by atoms with van der Waals surface area (Å²) in [6.45, 7) is 3.50. The molecule has 1 fully saturated rings. The van der Waals surface area contributed by atoms with Crippen LogP contribution in [0.25, 0.3) is 0 Å². The second-order valence-electron chi connectivity index (χ2n) is 4.66. The molecule has 1 aliphatic rings. The summed E-state index contributed by atoms with van der Waals surface area (Å²) in [6.07, 6.45) is 0.846. The van der Waals surface area contributed by atoms with Gasteiger partial charge >= 0.3 is 0 Å². The highest BCUT2D eigenvalue weighted by Gasteiger charge is 2.27. The number of piperidine rings is 1. The van der Waals surface area contributed by atoms with Gasteiger partial charge in [-0.1, -0.05) is 18.5 Å². The van der Waals surface area contributed by atoms with Gasteiger partial charge in [-0.25, -0.2) is 0 Å². The summed E-state index contributed by atoms with van der Waals surface area (Å²) in [5.41, 5.74) is 0.628. The summed E-state index contributed by atoms with van der Waals surface area (Å²) in [5, 5.41) is 0.726. The number of nitrogens with zero attached hydrogens (tertiary/aromatic N) is 1. The van der Waals surface area contributed by atoms with Gasteiger partial charge in [0, 0.05) is 28.5 Å². The first-order valence-corrected chi connectivity index (χ1v) is 7.48. The van der Waals surface area contributed by atoms with Crippen molar-refractivity contribution in [1.29, 1.82) is 0 Å². The molecule has 5 heteroatoms. The van der Waals surface area contributed by atoms with Gasteiger partial charge < -0.3 is 4.90 Å². The molecule has 2 nitrogen and oxygen atoms in total. The molecule has 0 N–H and O–H groups in total. The van der Waals surface area contributed by atoms with Crippen LogP contribution in [0.5, 0.6) is 0 Å². The van der Waals surface area contributed by atoms with Crippen LogP contribution in [-0.4, -0.2) is 29.3 Å². The van der Waals surface area contributed by atoms with Gasteiger partial charge in [0.25, 0.3) is 5.91 Å². The summed E-state index contributed by atoms with van der Waals surface area (Å²) in [4.78, 5) is 14.2. The van der Waals surface area contributed by atoms with Crippen molar-refractivity contribution in [3.8, 4) is 0 Å². The van der Waals surface area contributed by atoms with Crippen LogP contribution in [0.15, 0.2) is 22.7 Å². The van der Waals surface area contributed by atoms with E-state index < -0.39 is 0 Å². The van der Waals surface area contributed by atoms with Gasteiger partial charge in [-0.05, 0) is 46.5 Å². The normalized spacial score (nSPS) is 24.1. The average Bonchev–Trinajstić information content (AvgIpc) is 2.35. The van der Waals surface area contributed by atoms with Crippen molar-refractivity contribution in [3.05, 3.63) is 33.3 Å². The molecule has 0 saturated carbocycles. The maximum absolute atomic E-state index is 12.3. The molecule has 1 aliphatic heterocycles. The molecule has 0 aromatic heterocycles. The van der Waals surface area contributed by atoms with E-state index in [1.165, 1.54) is 0 Å². The molecule has 18 heavy (non-hydrogen) atoms. The summed E-state index contributed by atoms with van der Waals surface area (Å²) in [7, 11) is 0. The predicted molar refractivity (Wildman–Crippen MR) is 78.5 cm³/mol. The average molecular weight is 351 g/mol. The van der Waals surface area contributed by atoms with Crippen molar-refractivity contribution in [3.63, 3.8) is 0 Å². The summed E-state index contributed by atoms with van der Waals surface area (Å²) >= 11 is 15.5. The molecule has 1 aromatic carbocycles. The zero-order valence-electron chi connectivity index (χ0n) is 10.00. The van der Waals surface area contributed by atoms with Crippen LogP contribution < -0.4 is 0 Å². The molecule has 2 unspecified atom stereocenters. The number of halogens is 3. The zero-order chi connectivity index (χ0) is 13.3. The molecule has 1 heterocycles. The quantitative estimate of drug-likeness (QED) is 0.695. The molecule has 1 aromatic rings. The van der Waals surface area contributed by atoms with E-state index in [1.807, 2.05) is 4.90 Å². The fraction of sp³-hybridized carbons (Fsp3) is 0.462. The zero-order valence-corrected chi connectivity index (χ0v) is 13.1. The summed E-state index contributed by atoms with van der Waals surface area (Å²) < 4.78 is 0.800. The number of hydrogen-bond acceptors (Lipinski definition) is 1. The van der Waals surface area contributed by atoms with Crippen molar-refractivity contribution in [2.75, 3.05) is 13.1 Å². The first-order chi connectivity index (χ1) is 8.49. The highest BCUT2D eigenvalue weighted by atomic mass is 79.9. The van der Waals surface area contributed by atoms with E-state index >= 15 is 0 Å². The SMILES string of the molecule is CC1CN(C(=O)c2ccc(Br)c(Cl)c2)CCC1Cl. The number of hydrogen-bond donors (Lipinski definition) is 0. The molecule has 1 saturated heterocycles. The predicted octanol–water partition coefficient (Wildman–Crippen LogP) is 4.19. The molecule has 2 rings (SSSR count). The van der Waals surface area contributed by atoms with Crippen molar-refractivity contribution < 1.29 is 4.79 Å². The lowest BCUT2D eigenvalue weighted by atomic mass is 9.99. The third-order valence-corrected chi connectivity index (χ3v) is 5.14. The Morgan fingerprint density at radius 3 is 2.83 bits per heavy atom. The fourth-order valence-corrected chi connectivity index (χ4v) is 2.72. The van der Waals surface area contributed by atoms with Crippen LogP contribution in [0, 0.1) is 5.92 Å². The number of likely N-dealkylation sites (tertiary alicyclic amines) is 1. The Hall–Kier alpha value is -0.250. The Morgan fingerprint density at radius 2 is 2.22 bits per heavy atom. The van der Waals surface area contributed by atoms with Gasteiger partial charge in [0.1, 0.15) is 0 Å². The highest BCUT2D eigenvalue weighted by Crippen LogP contribution is 2.26. The maximum Gasteiger partial charge on any atom is 0.253 e. The molecule has 0 bridgehead atoms. The van der Waals surface area contributed by atoms with Gasteiger partial charge in [-0.3, -0.25) is 4.79 Å². The first-order valence-electron chi connectivity index (χ1n) is 5.87. The lowest BCUT2D eigenvalue weighted by Gasteiger charge is -2.34. The van der Waals surface area contributed by atoms with Crippen LogP contribution in [0.4, 0.5) is 0 Å². The van der Waals surface area contributed by atoms with Crippen molar-refractivity contribution in [2.45, 2.75) is 18.7 Å². The number of rotatable bonds is 1. The monoisotopic (exact) mass is 349 g/mol. The summed E-state index contributed by atoms with van der Waals surface area (Å²) in [5.74, 6) is 0.357. The standard InChI is InChI=1S/C13H14BrCl2NO/c1-8-7-17(5-4-11(8)15)13(18)9-2-3-10(14)12(16)6-9/h2-3,6,8,11H,4-5,7H2,1H3. The number of benzene rings is 1. The molecule has 0 aliphatic carbocycles. The van der Waals surface area contributed by atoms with Gasteiger partial charge in [0.05, 0.1) is 5.02 Å². The summed E-state index contributed by atoms with van der Waals surface area (Å²) in [6, 6.07) is 5.29. The van der Waals surface area contributed by atoms with Crippen LogP contribution in [0.2, 0.25) is 5.02 Å². The van der Waals surface area contributed by atoms with E-state index in [9.17, 15) is 4.79 Å². The number of carbonyl (C=O) groups excluding carboxylic acids is 1. The van der Waals surface area contributed by atoms with Gasteiger partial charge in [0.2, 0.25) is 0 Å². The van der Waals surface area contributed by atoms with Crippen molar-refractivity contribution in [1.82, 2.24) is 4.90 Å². The van der Waals surface area contributed by atoms with Crippen LogP contribution in [0.3, 0.4) is 0 Å². The third kappa shape index (κ3) is 3.01. The van der Waals surface area contributed by atoms with Crippen molar-refractivity contribution >= 4 is 45.0 Å². The van der Waals surface area contributed by atoms with Gasteiger partial charge in [-0.15, -0.1) is 11.6 Å². The van der Waals surface area contributed by atoms with E-state index in [4.69, 9.17) is 23.2 Å². The number of amides is 1. The molecular weight excluding hydrogens is 337 g/mol. The molecular formula is C13H14BrCl2NO. The van der Waals surface area contributed by atoms with Gasteiger partial charge in [0.15, 0.2) is 0 Å². The number of alkyl halides is 1. The first kappa shape index (κ1) is 14.2. The highest BCUT2D eigenvalue weighted by molar-refractivity contribution is 9.10. The molecule has 2 atom stereocenters. The Labute approximate surface area is 125 Å². The van der Waals surface area contributed by atoms with Crippen LogP contribution in [-0.2, 0) is 0 Å². The Balaban J connectivity index is 2.14. The van der Waals surface area contributed by atoms with E-state index in [-0.39, 0.29) is 11.3 Å². The minimum absolute atomic E-state index is 0.0276. The Bertz CT molecular complexity index is 466. The lowest BCUT2D eigenvalue weighted by Crippen LogP contribution is -2.43. The van der Waals surface area contributed by atoms with E-state index in [1.54, 1.807) is 18.2 Å². The smallest absolute Gasteiger partial charge is 0.253 e. The van der Waals surface area contributed by atoms with Crippen molar-refractivity contribution in [2.24, 2.45) is 5.92 Å². The Kier molecular flexibility index (Phi) is 4.57. The molecule has 98 valence electrons. The van der Waals surface area contributed by atoms with E-state index in [0.717, 1.165) is 10.9 Å². The minimum Gasteiger partial charge on any atom is -0.338 e.